The summed E-state index contributed by atoms with van der Waals surface area (Å²) in [5, 5.41) is 4.28. The van der Waals surface area contributed by atoms with Gasteiger partial charge in [0.1, 0.15) is 30.0 Å². The maximum Gasteiger partial charge on any atom is 0.311 e. The number of hydrogen-bond donors (Lipinski definition) is 0. The summed E-state index contributed by atoms with van der Waals surface area (Å²) in [5.41, 5.74) is 0.351. The van der Waals surface area contributed by atoms with Gasteiger partial charge in [0.25, 0.3) is 0 Å². The molecular formula is C22H31NO6S. The maximum absolute atomic E-state index is 12.8. The average Bonchev–Trinajstić information content (AvgIpc) is 2.73. The molecule has 1 aromatic carbocycles. The van der Waals surface area contributed by atoms with Crippen LogP contribution in [0, 0.1) is 5.41 Å². The molecule has 0 saturated carbocycles. The number of esters is 1. The molecule has 7 nitrogen and oxygen atoms in total. The van der Waals surface area contributed by atoms with Crippen molar-refractivity contribution in [1.29, 1.82) is 0 Å². The minimum Gasteiger partial charge on any atom is -0.453 e. The molecule has 0 spiro atoms. The van der Waals surface area contributed by atoms with Gasteiger partial charge in [-0.3, -0.25) is 4.79 Å². The average molecular weight is 438 g/mol. The van der Waals surface area contributed by atoms with E-state index in [0.717, 1.165) is 11.3 Å². The van der Waals surface area contributed by atoms with Crippen LogP contribution in [0.3, 0.4) is 0 Å². The molecular weight excluding hydrogens is 406 g/mol. The van der Waals surface area contributed by atoms with E-state index >= 15 is 0 Å². The Morgan fingerprint density at radius 2 is 1.93 bits per heavy atom. The van der Waals surface area contributed by atoms with Crippen molar-refractivity contribution in [2.75, 3.05) is 19.0 Å². The summed E-state index contributed by atoms with van der Waals surface area (Å²) in [7, 11) is 0. The Morgan fingerprint density at radius 1 is 1.20 bits per heavy atom. The summed E-state index contributed by atoms with van der Waals surface area (Å²) in [4.78, 5) is 18.1. The fraction of sp³-hybridized carbons (Fsp3) is 0.636. The van der Waals surface area contributed by atoms with Crippen molar-refractivity contribution in [1.82, 2.24) is 0 Å². The number of hydrogen-bond acceptors (Lipinski definition) is 8. The molecule has 0 aliphatic carbocycles. The summed E-state index contributed by atoms with van der Waals surface area (Å²) in [6, 6.07) is 9.68. The van der Waals surface area contributed by atoms with Crippen LogP contribution in [0.5, 0.6) is 0 Å². The van der Waals surface area contributed by atoms with Gasteiger partial charge >= 0.3 is 5.97 Å². The molecule has 1 aromatic rings. The zero-order valence-corrected chi connectivity index (χ0v) is 19.0. The van der Waals surface area contributed by atoms with Gasteiger partial charge in [-0.15, -0.1) is 11.8 Å². The number of rotatable bonds is 6. The Hall–Kier alpha value is -1.61. The maximum atomic E-state index is 12.8. The molecule has 5 atom stereocenters. The Balaban J connectivity index is 1.92. The highest BCUT2D eigenvalue weighted by molar-refractivity contribution is 8.00. The van der Waals surface area contributed by atoms with Gasteiger partial charge in [0, 0.05) is 5.56 Å². The number of fused-ring (bicyclic) bond motifs is 1. The normalized spacial score (nSPS) is 30.6. The third-order valence-electron chi connectivity index (χ3n) is 4.72. The van der Waals surface area contributed by atoms with Crippen LogP contribution in [0.25, 0.3) is 0 Å². The van der Waals surface area contributed by atoms with Gasteiger partial charge in [0.05, 0.1) is 12.0 Å². The number of benzene rings is 1. The molecule has 0 N–H and O–H groups in total. The van der Waals surface area contributed by atoms with Gasteiger partial charge in [-0.25, -0.2) is 0 Å². The SMILES string of the molecule is CCO/N=C1\[C@@H](SCC)O[C@@H]2CO[C@@H](c3ccccc3)O[C@H]2[C@@H]1OC(=O)C(C)(C)C. The van der Waals surface area contributed by atoms with Crippen molar-refractivity contribution in [3.05, 3.63) is 35.9 Å². The van der Waals surface area contributed by atoms with E-state index in [1.54, 1.807) is 11.8 Å². The second kappa shape index (κ2) is 10.1. The minimum absolute atomic E-state index is 0.330. The van der Waals surface area contributed by atoms with E-state index in [0.29, 0.717) is 18.9 Å². The number of ether oxygens (including phenoxy) is 4. The van der Waals surface area contributed by atoms with Crippen LogP contribution < -0.4 is 0 Å². The van der Waals surface area contributed by atoms with Gasteiger partial charge in [0.15, 0.2) is 12.4 Å². The first-order chi connectivity index (χ1) is 14.3. The van der Waals surface area contributed by atoms with Crippen LogP contribution in [-0.2, 0) is 28.6 Å². The van der Waals surface area contributed by atoms with Crippen molar-refractivity contribution in [2.24, 2.45) is 10.6 Å². The van der Waals surface area contributed by atoms with E-state index in [9.17, 15) is 4.79 Å². The zero-order chi connectivity index (χ0) is 21.7. The number of nitrogens with zero attached hydrogens (tertiary/aromatic N) is 1. The Kier molecular flexibility index (Phi) is 7.79. The van der Waals surface area contributed by atoms with Gasteiger partial charge in [0.2, 0.25) is 0 Å². The smallest absolute Gasteiger partial charge is 0.311 e. The standard InChI is InChI=1S/C22H31NO6S/c1-6-26-23-16-18(29-21(24)22(3,4)5)17-15(27-20(16)30-7-2)13-25-19(28-17)14-11-9-8-10-12-14/h8-12,15,17-20H,6-7,13H2,1-5H3/b23-16-/t15-,17-,18-,19-,20-/m1/s1. The summed E-state index contributed by atoms with van der Waals surface area (Å²) < 4.78 is 24.4. The highest BCUT2D eigenvalue weighted by Crippen LogP contribution is 2.37. The molecule has 0 unspecified atom stereocenters. The van der Waals surface area contributed by atoms with E-state index in [1.165, 1.54) is 0 Å². The Labute approximate surface area is 182 Å². The number of carbonyl (C=O) groups excluding carboxylic acids is 1. The Morgan fingerprint density at radius 3 is 2.57 bits per heavy atom. The van der Waals surface area contributed by atoms with E-state index < -0.39 is 29.3 Å². The molecule has 2 aliphatic heterocycles. The topological polar surface area (TPSA) is 75.6 Å². The molecule has 2 saturated heterocycles. The molecule has 166 valence electrons. The molecule has 0 radical (unpaired) electrons. The highest BCUT2D eigenvalue weighted by Gasteiger charge is 2.51. The summed E-state index contributed by atoms with van der Waals surface area (Å²) >= 11 is 1.57. The lowest BCUT2D eigenvalue weighted by molar-refractivity contribution is -0.286. The molecule has 0 aromatic heterocycles. The first-order valence-corrected chi connectivity index (χ1v) is 11.4. The van der Waals surface area contributed by atoms with Crippen molar-refractivity contribution >= 4 is 23.4 Å². The van der Waals surface area contributed by atoms with Crippen LogP contribution in [0.15, 0.2) is 35.5 Å². The summed E-state index contributed by atoms with van der Waals surface area (Å²) in [5.74, 6) is 0.477. The van der Waals surface area contributed by atoms with Crippen molar-refractivity contribution in [3.8, 4) is 0 Å². The zero-order valence-electron chi connectivity index (χ0n) is 18.2. The van der Waals surface area contributed by atoms with Crippen molar-refractivity contribution < 1.29 is 28.6 Å². The quantitative estimate of drug-likeness (QED) is 0.493. The lowest BCUT2D eigenvalue weighted by Crippen LogP contribution is -2.61. The predicted molar refractivity (Wildman–Crippen MR) is 115 cm³/mol. The molecule has 2 heterocycles. The highest BCUT2D eigenvalue weighted by atomic mass is 32.2. The third-order valence-corrected chi connectivity index (χ3v) is 5.71. The molecule has 0 amide bonds. The van der Waals surface area contributed by atoms with Crippen LogP contribution in [0.1, 0.15) is 46.5 Å². The second-order valence-corrected chi connectivity index (χ2v) is 9.49. The van der Waals surface area contributed by atoms with Crippen LogP contribution in [0.4, 0.5) is 0 Å². The number of oxime groups is 1. The molecule has 2 aliphatic rings. The Bertz CT molecular complexity index is 735. The van der Waals surface area contributed by atoms with Crippen LogP contribution in [0.2, 0.25) is 0 Å². The molecule has 2 fully saturated rings. The van der Waals surface area contributed by atoms with E-state index in [1.807, 2.05) is 65.0 Å². The second-order valence-electron chi connectivity index (χ2n) is 8.15. The van der Waals surface area contributed by atoms with Gasteiger partial charge in [-0.05, 0) is 33.4 Å². The first kappa shape index (κ1) is 23.1. The predicted octanol–water partition coefficient (Wildman–Crippen LogP) is 3.93. The fourth-order valence-electron chi connectivity index (χ4n) is 3.18. The lowest BCUT2D eigenvalue weighted by Gasteiger charge is -2.45. The van der Waals surface area contributed by atoms with Gasteiger partial charge in [-0.1, -0.05) is 42.4 Å². The largest absolute Gasteiger partial charge is 0.453 e. The van der Waals surface area contributed by atoms with E-state index in [2.05, 4.69) is 5.16 Å². The summed E-state index contributed by atoms with van der Waals surface area (Å²) in [6.45, 7) is 10.1. The van der Waals surface area contributed by atoms with Gasteiger partial charge in [-0.2, -0.15) is 0 Å². The van der Waals surface area contributed by atoms with Crippen LogP contribution in [-0.4, -0.2) is 54.4 Å². The molecule has 0 bridgehead atoms. The lowest BCUT2D eigenvalue weighted by atomic mass is 9.95. The molecule has 8 heteroatoms. The van der Waals surface area contributed by atoms with Crippen molar-refractivity contribution in [2.45, 2.75) is 64.7 Å². The number of carbonyl (C=O) groups is 1. The van der Waals surface area contributed by atoms with E-state index in [4.69, 9.17) is 23.8 Å². The minimum atomic E-state index is -0.721. The third kappa shape index (κ3) is 5.35. The summed E-state index contributed by atoms with van der Waals surface area (Å²) in [6.07, 6.45) is -2.23. The fourth-order valence-corrected chi connectivity index (χ4v) is 4.05. The first-order valence-electron chi connectivity index (χ1n) is 10.3. The van der Waals surface area contributed by atoms with Crippen molar-refractivity contribution in [3.63, 3.8) is 0 Å². The van der Waals surface area contributed by atoms with E-state index in [-0.39, 0.29) is 12.1 Å². The molecule has 30 heavy (non-hydrogen) atoms. The van der Waals surface area contributed by atoms with Crippen LogP contribution >= 0.6 is 11.8 Å². The monoisotopic (exact) mass is 437 g/mol. The number of thioether (sulfide) groups is 1. The van der Waals surface area contributed by atoms with Gasteiger partial charge < -0.3 is 23.8 Å². The molecule has 3 rings (SSSR count).